The summed E-state index contributed by atoms with van der Waals surface area (Å²) in [6.07, 6.45) is 1.74. The standard InChI is InChI=1S/C37H31Cl2N3O5S/c1-21-8-5-6-11-28(21)41-35(43)33-22(2)40-37-42(34(33)24-12-14-30(45-3)31(18-24)46-4)36(44)32(48-37)19-25-17-27(39)13-15-29(25)47-20-23-9-7-10-26(38)16-23/h5-19,34H,20H2,1-4H3,(H,41,43)/b32-19-/t34-/m0/s1. The molecule has 0 fully saturated rings. The number of aryl methyl sites for hydroxylation is 1. The Hall–Kier alpha value is -4.83. The maximum atomic E-state index is 14.4. The first-order chi connectivity index (χ1) is 23.2. The number of nitrogens with one attached hydrogen (secondary N) is 1. The fourth-order valence-corrected chi connectivity index (χ4v) is 6.98. The molecule has 8 nitrogen and oxygen atoms in total. The number of methoxy groups -OCH3 is 2. The minimum atomic E-state index is -0.815. The molecule has 0 spiro atoms. The number of aromatic nitrogens is 1. The van der Waals surface area contributed by atoms with Crippen LogP contribution in [0.25, 0.3) is 6.08 Å². The number of anilines is 1. The van der Waals surface area contributed by atoms with Gasteiger partial charge in [0.1, 0.15) is 12.4 Å². The van der Waals surface area contributed by atoms with Gasteiger partial charge in [0.2, 0.25) is 0 Å². The van der Waals surface area contributed by atoms with Gasteiger partial charge in [0.05, 0.1) is 36.1 Å². The van der Waals surface area contributed by atoms with E-state index in [2.05, 4.69) is 5.32 Å². The van der Waals surface area contributed by atoms with Gasteiger partial charge in [-0.05, 0) is 85.1 Å². The first kappa shape index (κ1) is 33.1. The Labute approximate surface area is 291 Å². The molecule has 1 atom stereocenters. The molecule has 0 aliphatic carbocycles. The Morgan fingerprint density at radius 1 is 0.917 bits per heavy atom. The summed E-state index contributed by atoms with van der Waals surface area (Å²) >= 11 is 13.8. The summed E-state index contributed by atoms with van der Waals surface area (Å²) < 4.78 is 19.2. The van der Waals surface area contributed by atoms with E-state index in [0.717, 1.165) is 11.1 Å². The zero-order chi connectivity index (χ0) is 33.9. The molecule has 11 heteroatoms. The second kappa shape index (κ2) is 14.1. The van der Waals surface area contributed by atoms with E-state index >= 15 is 0 Å². The van der Waals surface area contributed by atoms with Crippen LogP contribution in [-0.4, -0.2) is 24.7 Å². The van der Waals surface area contributed by atoms with Gasteiger partial charge >= 0.3 is 0 Å². The Bertz CT molecular complexity index is 2260. The molecule has 0 radical (unpaired) electrons. The molecular weight excluding hydrogens is 669 g/mol. The maximum absolute atomic E-state index is 14.4. The van der Waals surface area contributed by atoms with Crippen LogP contribution in [0.2, 0.25) is 10.0 Å². The van der Waals surface area contributed by atoms with Gasteiger partial charge in [-0.15, -0.1) is 0 Å². The number of carbonyl (C=O) groups excluding carboxylic acids is 1. The number of carbonyl (C=O) groups is 1. The molecule has 1 amide bonds. The molecule has 48 heavy (non-hydrogen) atoms. The number of allylic oxidation sites excluding steroid dienone is 1. The average molecular weight is 701 g/mol. The number of rotatable bonds is 9. The molecular formula is C37H31Cl2N3O5S. The van der Waals surface area contributed by atoms with Gasteiger partial charge in [-0.3, -0.25) is 14.2 Å². The third kappa shape index (κ3) is 6.75. The second-order valence-corrected chi connectivity index (χ2v) is 12.9. The van der Waals surface area contributed by atoms with E-state index in [1.54, 1.807) is 61.1 Å². The summed E-state index contributed by atoms with van der Waals surface area (Å²) in [6.45, 7) is 3.96. The van der Waals surface area contributed by atoms with E-state index in [-0.39, 0.29) is 18.1 Å². The Morgan fingerprint density at radius 3 is 2.42 bits per heavy atom. The predicted molar refractivity (Wildman–Crippen MR) is 190 cm³/mol. The van der Waals surface area contributed by atoms with Crippen molar-refractivity contribution in [2.45, 2.75) is 26.5 Å². The number of hydrogen-bond donors (Lipinski definition) is 1. The van der Waals surface area contributed by atoms with Gasteiger partial charge in [0.25, 0.3) is 11.5 Å². The van der Waals surface area contributed by atoms with E-state index in [9.17, 15) is 9.59 Å². The van der Waals surface area contributed by atoms with Crippen molar-refractivity contribution in [2.75, 3.05) is 19.5 Å². The van der Waals surface area contributed by atoms with Crippen molar-refractivity contribution >= 4 is 52.2 Å². The van der Waals surface area contributed by atoms with E-state index in [4.69, 9.17) is 42.4 Å². The highest BCUT2D eigenvalue weighted by Gasteiger charge is 2.33. The van der Waals surface area contributed by atoms with E-state index in [0.29, 0.717) is 64.7 Å². The molecule has 0 unspecified atom stereocenters. The quantitative estimate of drug-likeness (QED) is 0.178. The third-order valence-electron chi connectivity index (χ3n) is 7.92. The van der Waals surface area contributed by atoms with Gasteiger partial charge in [0, 0.05) is 21.3 Å². The predicted octanol–water partition coefficient (Wildman–Crippen LogP) is 7.09. The van der Waals surface area contributed by atoms with Crippen molar-refractivity contribution in [3.8, 4) is 17.2 Å². The molecule has 4 aromatic carbocycles. The van der Waals surface area contributed by atoms with Crippen LogP contribution < -0.4 is 34.4 Å². The van der Waals surface area contributed by atoms with Crippen molar-refractivity contribution in [3.63, 3.8) is 0 Å². The molecule has 244 valence electrons. The van der Waals surface area contributed by atoms with Crippen LogP contribution in [0.15, 0.2) is 106 Å². The molecule has 0 saturated carbocycles. The summed E-state index contributed by atoms with van der Waals surface area (Å²) in [4.78, 5) is 33.6. The average Bonchev–Trinajstić information content (AvgIpc) is 3.38. The fourth-order valence-electron chi connectivity index (χ4n) is 5.55. The number of ether oxygens (including phenoxy) is 3. The SMILES string of the molecule is COc1ccc([C@H]2C(C(=O)Nc3ccccc3C)=C(C)N=c3s/c(=C\c4cc(Cl)ccc4OCc4cccc(Cl)c4)c(=O)n32)cc1OC. The number of para-hydroxylation sites is 1. The third-order valence-corrected chi connectivity index (χ3v) is 9.38. The van der Waals surface area contributed by atoms with Crippen LogP contribution in [0, 0.1) is 6.92 Å². The largest absolute Gasteiger partial charge is 0.493 e. The zero-order valence-electron chi connectivity index (χ0n) is 26.5. The second-order valence-electron chi connectivity index (χ2n) is 11.1. The molecule has 6 rings (SSSR count). The van der Waals surface area contributed by atoms with Gasteiger partial charge in [-0.1, -0.05) is 70.9 Å². The van der Waals surface area contributed by atoms with Crippen LogP contribution in [0.3, 0.4) is 0 Å². The Balaban J connectivity index is 1.47. The number of nitrogens with zero attached hydrogens (tertiary/aromatic N) is 2. The number of hydrogen-bond acceptors (Lipinski definition) is 7. The maximum Gasteiger partial charge on any atom is 0.271 e. The molecule has 0 bridgehead atoms. The Kier molecular flexibility index (Phi) is 9.73. The fraction of sp³-hybridized carbons (Fsp3) is 0.162. The summed E-state index contributed by atoms with van der Waals surface area (Å²) in [5.74, 6) is 1.15. The van der Waals surface area contributed by atoms with E-state index in [1.165, 1.54) is 18.4 Å². The minimum absolute atomic E-state index is 0.266. The van der Waals surface area contributed by atoms with Crippen LogP contribution in [-0.2, 0) is 11.4 Å². The monoisotopic (exact) mass is 699 g/mol. The zero-order valence-corrected chi connectivity index (χ0v) is 28.9. The van der Waals surface area contributed by atoms with Gasteiger partial charge < -0.3 is 19.5 Å². The van der Waals surface area contributed by atoms with E-state index in [1.807, 2.05) is 55.5 Å². The first-order valence-corrected chi connectivity index (χ1v) is 16.5. The highest BCUT2D eigenvalue weighted by molar-refractivity contribution is 7.07. The van der Waals surface area contributed by atoms with Crippen molar-refractivity contribution in [3.05, 3.63) is 148 Å². The number of thiazole rings is 1. The number of fused-ring (bicyclic) bond motifs is 1. The van der Waals surface area contributed by atoms with Crippen molar-refractivity contribution in [1.82, 2.24) is 4.57 Å². The van der Waals surface area contributed by atoms with Crippen molar-refractivity contribution < 1.29 is 19.0 Å². The summed E-state index contributed by atoms with van der Waals surface area (Å²) in [6, 6.07) is 24.7. The lowest BCUT2D eigenvalue weighted by atomic mass is 9.94. The lowest BCUT2D eigenvalue weighted by Crippen LogP contribution is -2.40. The molecule has 1 N–H and O–H groups in total. The van der Waals surface area contributed by atoms with Crippen LogP contribution in [0.4, 0.5) is 5.69 Å². The number of amides is 1. The highest BCUT2D eigenvalue weighted by atomic mass is 35.5. The lowest BCUT2D eigenvalue weighted by Gasteiger charge is -2.26. The highest BCUT2D eigenvalue weighted by Crippen LogP contribution is 2.36. The molecule has 1 aromatic heterocycles. The Morgan fingerprint density at radius 2 is 1.67 bits per heavy atom. The van der Waals surface area contributed by atoms with Crippen LogP contribution in [0.5, 0.6) is 17.2 Å². The smallest absolute Gasteiger partial charge is 0.271 e. The minimum Gasteiger partial charge on any atom is -0.493 e. The molecule has 0 saturated heterocycles. The van der Waals surface area contributed by atoms with Crippen molar-refractivity contribution in [1.29, 1.82) is 0 Å². The lowest BCUT2D eigenvalue weighted by molar-refractivity contribution is -0.113. The van der Waals surface area contributed by atoms with Gasteiger partial charge in [-0.2, -0.15) is 0 Å². The van der Waals surface area contributed by atoms with Crippen LogP contribution >= 0.6 is 34.5 Å². The van der Waals surface area contributed by atoms with Gasteiger partial charge in [-0.25, -0.2) is 4.99 Å². The molecule has 5 aromatic rings. The van der Waals surface area contributed by atoms with Gasteiger partial charge in [0.15, 0.2) is 16.3 Å². The number of halogens is 2. The summed E-state index contributed by atoms with van der Waals surface area (Å²) in [5, 5.41) is 4.13. The number of benzene rings is 4. The first-order valence-electron chi connectivity index (χ1n) is 14.9. The summed E-state index contributed by atoms with van der Waals surface area (Å²) in [7, 11) is 3.09. The van der Waals surface area contributed by atoms with Crippen molar-refractivity contribution in [2.24, 2.45) is 4.99 Å². The van der Waals surface area contributed by atoms with E-state index < -0.39 is 6.04 Å². The normalized spacial score (nSPS) is 14.3. The summed E-state index contributed by atoms with van der Waals surface area (Å²) in [5.41, 5.74) is 4.22. The van der Waals surface area contributed by atoms with Crippen LogP contribution in [0.1, 0.15) is 35.2 Å². The molecule has 1 aliphatic heterocycles. The topological polar surface area (TPSA) is 91.2 Å². The molecule has 2 heterocycles. The molecule has 1 aliphatic rings.